The number of methoxy groups -OCH3 is 3. The number of aryl methyl sites for hydroxylation is 4. The smallest absolute Gasteiger partial charge is 0.126 e. The van der Waals surface area contributed by atoms with E-state index in [0.29, 0.717) is 13.0 Å². The van der Waals surface area contributed by atoms with Gasteiger partial charge in [-0.1, -0.05) is 162 Å². The Labute approximate surface area is 375 Å². The summed E-state index contributed by atoms with van der Waals surface area (Å²) in [6, 6.07) is 29.8. The van der Waals surface area contributed by atoms with Crippen LogP contribution in [0, 0.1) is 0 Å². The van der Waals surface area contributed by atoms with E-state index in [4.69, 9.17) is 18.9 Å². The molecule has 0 saturated carbocycles. The molecule has 0 saturated heterocycles. The molecule has 0 fully saturated rings. The van der Waals surface area contributed by atoms with Crippen LogP contribution in [-0.4, -0.2) is 21.3 Å². The zero-order valence-corrected chi connectivity index (χ0v) is 41.0. The lowest BCUT2D eigenvalue weighted by Crippen LogP contribution is -2.16. The highest BCUT2D eigenvalue weighted by Crippen LogP contribution is 2.42. The minimum Gasteiger partial charge on any atom is -0.496 e. The summed E-state index contributed by atoms with van der Waals surface area (Å²) >= 11 is 0. The van der Waals surface area contributed by atoms with Crippen molar-refractivity contribution in [3.63, 3.8) is 0 Å². The summed E-state index contributed by atoms with van der Waals surface area (Å²) in [5, 5.41) is 0. The van der Waals surface area contributed by atoms with Crippen LogP contribution in [0.4, 0.5) is 0 Å². The van der Waals surface area contributed by atoms with Gasteiger partial charge in [-0.05, 0) is 133 Å². The molecular formula is C58H76O4. The van der Waals surface area contributed by atoms with Crippen LogP contribution in [0.1, 0.15) is 168 Å². The first-order chi connectivity index (χ1) is 29.1. The molecule has 0 N–H and O–H groups in total. The third-order valence-electron chi connectivity index (χ3n) is 12.8. The van der Waals surface area contributed by atoms with Crippen molar-refractivity contribution in [2.45, 2.75) is 163 Å². The third kappa shape index (κ3) is 10.9. The van der Waals surface area contributed by atoms with Crippen LogP contribution in [0.3, 0.4) is 0 Å². The van der Waals surface area contributed by atoms with E-state index >= 15 is 0 Å². The number of ether oxygens (including phenoxy) is 4. The van der Waals surface area contributed by atoms with E-state index in [0.717, 1.165) is 73.5 Å². The van der Waals surface area contributed by atoms with Crippen molar-refractivity contribution in [3.8, 4) is 23.0 Å². The molecule has 4 heteroatoms. The summed E-state index contributed by atoms with van der Waals surface area (Å²) in [7, 11) is 5.53. The van der Waals surface area contributed by atoms with Gasteiger partial charge in [0.15, 0.2) is 0 Å². The molecule has 0 heterocycles. The van der Waals surface area contributed by atoms with Gasteiger partial charge in [0.25, 0.3) is 0 Å². The molecule has 0 aliphatic heterocycles. The number of hydrogen-bond acceptors (Lipinski definition) is 4. The van der Waals surface area contributed by atoms with E-state index in [1.165, 1.54) is 66.8 Å². The Morgan fingerprint density at radius 2 is 0.645 bits per heavy atom. The van der Waals surface area contributed by atoms with Crippen LogP contribution in [0.25, 0.3) is 0 Å². The van der Waals surface area contributed by atoms with Gasteiger partial charge in [-0.25, -0.2) is 0 Å². The Balaban J connectivity index is 1.60. The van der Waals surface area contributed by atoms with Gasteiger partial charge in [0.1, 0.15) is 29.6 Å². The molecule has 62 heavy (non-hydrogen) atoms. The molecule has 1 aliphatic rings. The number of benzene rings is 5. The van der Waals surface area contributed by atoms with E-state index in [-0.39, 0.29) is 21.7 Å². The Morgan fingerprint density at radius 3 is 0.935 bits per heavy atom. The minimum absolute atomic E-state index is 0.0302. The molecule has 0 unspecified atom stereocenters. The second kappa shape index (κ2) is 18.6. The van der Waals surface area contributed by atoms with Crippen molar-refractivity contribution in [2.75, 3.05) is 21.3 Å². The molecule has 0 radical (unpaired) electrons. The highest BCUT2D eigenvalue weighted by Gasteiger charge is 2.27. The minimum atomic E-state index is -0.0549. The number of rotatable bonds is 6. The van der Waals surface area contributed by atoms with Gasteiger partial charge in [0.2, 0.25) is 0 Å². The highest BCUT2D eigenvalue weighted by atomic mass is 16.5. The van der Waals surface area contributed by atoms with Gasteiger partial charge in [-0.15, -0.1) is 0 Å². The topological polar surface area (TPSA) is 36.9 Å². The average molecular weight is 837 g/mol. The van der Waals surface area contributed by atoms with Crippen LogP contribution in [-0.2, 0) is 66.8 Å². The summed E-state index contributed by atoms with van der Waals surface area (Å²) in [5.74, 6) is 3.96. The van der Waals surface area contributed by atoms with Crippen LogP contribution in [0.5, 0.6) is 23.0 Å². The normalized spacial score (nSPS) is 14.2. The molecule has 5 aromatic rings. The van der Waals surface area contributed by atoms with E-state index in [1.807, 2.05) is 21.3 Å². The largest absolute Gasteiger partial charge is 0.496 e. The fourth-order valence-electron chi connectivity index (χ4n) is 9.07. The average Bonchev–Trinajstić information content (AvgIpc) is 3.18. The predicted molar refractivity (Wildman–Crippen MR) is 261 cm³/mol. The Hall–Kier alpha value is -4.70. The van der Waals surface area contributed by atoms with E-state index in [9.17, 15) is 0 Å². The maximum absolute atomic E-state index is 7.03. The molecule has 0 atom stereocenters. The van der Waals surface area contributed by atoms with Crippen molar-refractivity contribution >= 4 is 0 Å². The van der Waals surface area contributed by atoms with Gasteiger partial charge in [-0.3, -0.25) is 0 Å². The summed E-state index contributed by atoms with van der Waals surface area (Å²) < 4.78 is 26.3. The van der Waals surface area contributed by atoms with Gasteiger partial charge in [0.05, 0.1) is 21.3 Å². The molecule has 8 bridgehead atoms. The molecule has 5 aromatic carbocycles. The third-order valence-corrected chi connectivity index (χ3v) is 12.8. The summed E-state index contributed by atoms with van der Waals surface area (Å²) in [5.41, 5.74) is 16.1. The zero-order chi connectivity index (χ0) is 45.2. The summed E-state index contributed by atoms with van der Waals surface area (Å²) in [6.07, 6.45) is 6.84. The van der Waals surface area contributed by atoms with Gasteiger partial charge < -0.3 is 18.9 Å². The quantitative estimate of drug-likeness (QED) is 0.171. The molecule has 332 valence electrons. The Morgan fingerprint density at radius 1 is 0.371 bits per heavy atom. The van der Waals surface area contributed by atoms with Gasteiger partial charge >= 0.3 is 0 Å². The first-order valence-electron chi connectivity index (χ1n) is 23.0. The van der Waals surface area contributed by atoms with Crippen molar-refractivity contribution in [1.82, 2.24) is 0 Å². The van der Waals surface area contributed by atoms with Crippen LogP contribution >= 0.6 is 0 Å². The maximum atomic E-state index is 7.03. The van der Waals surface area contributed by atoms with Crippen LogP contribution in [0.15, 0.2) is 78.9 Å². The van der Waals surface area contributed by atoms with E-state index < -0.39 is 0 Å². The zero-order valence-electron chi connectivity index (χ0n) is 41.0. The van der Waals surface area contributed by atoms with E-state index in [1.54, 1.807) is 0 Å². The van der Waals surface area contributed by atoms with Crippen LogP contribution in [0.2, 0.25) is 0 Å². The Bertz CT molecular complexity index is 2340. The fourth-order valence-corrected chi connectivity index (χ4v) is 9.07. The molecule has 1 aliphatic carbocycles. The first kappa shape index (κ1) is 46.8. The predicted octanol–water partition coefficient (Wildman–Crippen LogP) is 14.3. The Kier molecular flexibility index (Phi) is 14.0. The summed E-state index contributed by atoms with van der Waals surface area (Å²) in [4.78, 5) is 0. The molecule has 0 amide bonds. The number of hydrogen-bond donors (Lipinski definition) is 0. The van der Waals surface area contributed by atoms with E-state index in [2.05, 4.69) is 162 Å². The SMILES string of the molecule is COc1c2cc(C(C)(C)C)cc1Cc1cc(C(C)(C)C)cc(c1OC)CCCc1cc(C(C)(C)C)cc(c1OCc1ccccc1)Cc1cc(C(C)(C)C)cc(c1OC)CCC2. The summed E-state index contributed by atoms with van der Waals surface area (Å²) in [6.45, 7) is 28.3. The lowest BCUT2D eigenvalue weighted by atomic mass is 9.80. The van der Waals surface area contributed by atoms with Crippen molar-refractivity contribution in [1.29, 1.82) is 0 Å². The molecular weight excluding hydrogens is 761 g/mol. The second-order valence-electron chi connectivity index (χ2n) is 21.9. The lowest BCUT2D eigenvalue weighted by Gasteiger charge is -2.27. The van der Waals surface area contributed by atoms with Crippen molar-refractivity contribution in [2.24, 2.45) is 0 Å². The molecule has 0 spiro atoms. The van der Waals surface area contributed by atoms with Crippen molar-refractivity contribution in [3.05, 3.63) is 151 Å². The maximum Gasteiger partial charge on any atom is 0.126 e. The highest BCUT2D eigenvalue weighted by molar-refractivity contribution is 5.56. The van der Waals surface area contributed by atoms with Crippen molar-refractivity contribution < 1.29 is 18.9 Å². The monoisotopic (exact) mass is 837 g/mol. The van der Waals surface area contributed by atoms with Gasteiger partial charge in [-0.2, -0.15) is 0 Å². The standard InChI is InChI=1S/C58H76O4/c1-55(2,3)47-29-39-23-19-24-40-30-49(57(7,8)9)35-45(53(40)61-15)28-46-36-50(58(10,11)12)32-42(54(46)62-37-38-21-17-16-18-22-38)26-20-25-41-31-48(56(4,5)6)34-44(52(41)60-14)27-43(33-47)51(39)59-13/h16-18,21-22,29-36H,19-20,23-28,37H2,1-15H3. The second-order valence-corrected chi connectivity index (χ2v) is 21.9. The molecule has 6 rings (SSSR count). The fraction of sp³-hybridized carbons (Fsp3) is 0.483. The molecule has 4 nitrogen and oxygen atoms in total. The lowest BCUT2D eigenvalue weighted by molar-refractivity contribution is 0.299. The molecule has 0 aromatic heterocycles. The van der Waals surface area contributed by atoms with Gasteiger partial charge in [0, 0.05) is 12.8 Å². The number of fused-ring (bicyclic) bond motifs is 8. The van der Waals surface area contributed by atoms with Crippen LogP contribution < -0.4 is 18.9 Å². The first-order valence-corrected chi connectivity index (χ1v) is 23.0.